The molecule has 0 bridgehead atoms. The van der Waals surface area contributed by atoms with Crippen molar-refractivity contribution in [1.82, 2.24) is 56.0 Å². The van der Waals surface area contributed by atoms with Gasteiger partial charge in [0.25, 0.3) is 0 Å². The number of nitrogens with zero attached hydrogens (tertiary/aromatic N) is 6. The summed E-state index contributed by atoms with van der Waals surface area (Å²) in [5.41, 5.74) is 7.32. The van der Waals surface area contributed by atoms with Crippen molar-refractivity contribution in [3.8, 4) is 0 Å². The number of carbonyl (C=O) groups excluding carboxylic acids is 11. The Labute approximate surface area is 436 Å². The first-order chi connectivity index (χ1) is 35.7. The molecule has 3 aliphatic rings. The summed E-state index contributed by atoms with van der Waals surface area (Å²) in [5, 5.41) is 13.0. The molecule has 408 valence electrons. The SMILES string of the molecule is CC(C)[C@H]1C(=O)NC[C@@H](N)C(=O)N2CCCC[C@H]2C(=O)NCC(=O)N(C)CC(=O)N(C)[C@@H](c2ccccc2)C(=O)NC[C@@H](NC(=O)OCc2ccccc2)C(=O)N2CCCC[C@H]2C(=O)NCC(=O)N(C)CC(=O)N1C. The lowest BCUT2D eigenvalue weighted by Crippen LogP contribution is -2.60. The molecule has 7 N–H and O–H groups in total. The second-order valence-corrected chi connectivity index (χ2v) is 19.4. The third-order valence-electron chi connectivity index (χ3n) is 13.6. The highest BCUT2D eigenvalue weighted by molar-refractivity contribution is 5.97. The summed E-state index contributed by atoms with van der Waals surface area (Å²) in [5.74, 6) is -7.15. The average Bonchev–Trinajstić information content (AvgIpc) is 3.40. The van der Waals surface area contributed by atoms with Gasteiger partial charge in [-0.1, -0.05) is 74.5 Å². The maximum absolute atomic E-state index is 14.6. The molecular formula is C51H72N12O12. The van der Waals surface area contributed by atoms with E-state index in [0.717, 1.165) is 14.7 Å². The number of piperidine rings is 2. The molecule has 6 atom stereocenters. The van der Waals surface area contributed by atoms with Crippen LogP contribution in [0.4, 0.5) is 4.79 Å². The number of hydrogen-bond donors (Lipinski definition) is 6. The van der Waals surface area contributed by atoms with Crippen molar-refractivity contribution in [1.29, 1.82) is 0 Å². The molecule has 0 aliphatic carbocycles. The molecular weight excluding hydrogens is 973 g/mol. The number of alkyl carbamates (subject to hydrolysis) is 1. The van der Waals surface area contributed by atoms with Crippen molar-refractivity contribution >= 4 is 65.2 Å². The number of amides is 11. The van der Waals surface area contributed by atoms with E-state index in [1.54, 1.807) is 74.5 Å². The maximum atomic E-state index is 14.6. The van der Waals surface area contributed by atoms with Crippen molar-refractivity contribution in [2.24, 2.45) is 11.7 Å². The zero-order valence-electron chi connectivity index (χ0n) is 43.6. The Morgan fingerprint density at radius 3 is 1.64 bits per heavy atom. The van der Waals surface area contributed by atoms with Gasteiger partial charge in [0.1, 0.15) is 42.9 Å². The van der Waals surface area contributed by atoms with Gasteiger partial charge in [-0.2, -0.15) is 0 Å². The summed E-state index contributed by atoms with van der Waals surface area (Å²) in [6, 6.07) is 9.68. The van der Waals surface area contributed by atoms with Crippen LogP contribution >= 0.6 is 0 Å². The minimum Gasteiger partial charge on any atom is -0.445 e. The van der Waals surface area contributed by atoms with Gasteiger partial charge in [0.15, 0.2) is 0 Å². The summed E-state index contributed by atoms with van der Waals surface area (Å²) in [6.45, 7) is 0.512. The highest BCUT2D eigenvalue weighted by Gasteiger charge is 2.40. The predicted octanol–water partition coefficient (Wildman–Crippen LogP) is -1.55. The van der Waals surface area contributed by atoms with Crippen molar-refractivity contribution < 1.29 is 57.5 Å². The second kappa shape index (κ2) is 27.6. The molecule has 0 aromatic heterocycles. The van der Waals surface area contributed by atoms with Crippen LogP contribution in [0.3, 0.4) is 0 Å². The number of hydrogen-bond acceptors (Lipinski definition) is 13. The fourth-order valence-corrected chi connectivity index (χ4v) is 9.21. The topological polar surface area (TPSA) is 303 Å². The molecule has 3 saturated heterocycles. The molecule has 0 spiro atoms. The molecule has 5 rings (SSSR count). The van der Waals surface area contributed by atoms with Crippen LogP contribution in [0.2, 0.25) is 0 Å². The number of nitrogens with one attached hydrogen (secondary N) is 5. The summed E-state index contributed by atoms with van der Waals surface area (Å²) < 4.78 is 5.44. The fourth-order valence-electron chi connectivity index (χ4n) is 9.21. The molecule has 24 heteroatoms. The van der Waals surface area contributed by atoms with Crippen LogP contribution in [0.25, 0.3) is 0 Å². The van der Waals surface area contributed by atoms with E-state index in [0.29, 0.717) is 36.8 Å². The molecule has 11 amide bonds. The van der Waals surface area contributed by atoms with E-state index >= 15 is 0 Å². The first-order valence-corrected chi connectivity index (χ1v) is 25.2. The number of fused-ring (bicyclic) bond motifs is 2. The monoisotopic (exact) mass is 1040 g/mol. The van der Waals surface area contributed by atoms with Crippen LogP contribution in [0.1, 0.15) is 69.5 Å². The van der Waals surface area contributed by atoms with Gasteiger partial charge in [-0.15, -0.1) is 0 Å². The van der Waals surface area contributed by atoms with E-state index < -0.39 is 140 Å². The zero-order chi connectivity index (χ0) is 54.9. The van der Waals surface area contributed by atoms with E-state index in [1.807, 2.05) is 0 Å². The van der Waals surface area contributed by atoms with Crippen molar-refractivity contribution in [3.63, 3.8) is 0 Å². The molecule has 3 fully saturated rings. The van der Waals surface area contributed by atoms with E-state index in [1.165, 1.54) is 42.9 Å². The molecule has 2 aromatic carbocycles. The fraction of sp³-hybridized carbons (Fsp3) is 0.549. The standard InChI is InChI=1S/C51H72N12O12/c1-32(2)43-47(70)53-25-35(52)49(72)62-23-15-13-21-37(62)45(68)55-27-40(65)59(4)30-42(67)61(6)44(34-19-11-8-12-20-34)48(71)54-26-36(57-51(74)75-31-33-17-9-7-10-18-33)50(73)63-24-16-14-22-38(63)46(69)56-28-39(64)58(3)29-41(66)60(43)5/h7-12,17-20,32,35-38,43-44H,13-16,21-31,52H2,1-6H3,(H,53,70)(H,54,71)(H,55,68)(H,56,69)(H,57,74)/t35-,36-,37+,38+,43+,44+/m1/s1. The number of rotatable bonds is 5. The maximum Gasteiger partial charge on any atom is 0.408 e. The van der Waals surface area contributed by atoms with Gasteiger partial charge < -0.3 is 66.5 Å². The Morgan fingerprint density at radius 1 is 0.613 bits per heavy atom. The zero-order valence-corrected chi connectivity index (χ0v) is 43.6. The van der Waals surface area contributed by atoms with Gasteiger partial charge >= 0.3 is 6.09 Å². The lowest BCUT2D eigenvalue weighted by Gasteiger charge is -2.37. The Bertz CT molecular complexity index is 2390. The summed E-state index contributed by atoms with van der Waals surface area (Å²) in [7, 11) is 5.44. The van der Waals surface area contributed by atoms with Crippen LogP contribution in [0.15, 0.2) is 60.7 Å². The Morgan fingerprint density at radius 2 is 1.11 bits per heavy atom. The first kappa shape index (κ1) is 58.3. The molecule has 24 nitrogen and oxygen atoms in total. The Kier molecular flexibility index (Phi) is 21.4. The third kappa shape index (κ3) is 15.9. The van der Waals surface area contributed by atoms with Gasteiger partial charge in [-0.25, -0.2) is 4.79 Å². The number of likely N-dealkylation sites (N-methyl/N-ethyl adjacent to an activating group) is 4. The first-order valence-electron chi connectivity index (χ1n) is 25.2. The lowest BCUT2D eigenvalue weighted by molar-refractivity contribution is -0.146. The molecule has 3 heterocycles. The molecule has 0 radical (unpaired) electrons. The summed E-state index contributed by atoms with van der Waals surface area (Å²) in [6.07, 6.45) is 1.62. The van der Waals surface area contributed by atoms with Crippen LogP contribution in [0, 0.1) is 5.92 Å². The number of benzene rings is 2. The third-order valence-corrected chi connectivity index (χ3v) is 13.6. The molecule has 0 unspecified atom stereocenters. The number of ether oxygens (including phenoxy) is 1. The predicted molar refractivity (Wildman–Crippen MR) is 271 cm³/mol. The van der Waals surface area contributed by atoms with Crippen LogP contribution in [-0.2, 0) is 59.3 Å². The Balaban J connectivity index is 1.43. The average molecular weight is 1050 g/mol. The largest absolute Gasteiger partial charge is 0.445 e. The molecule has 75 heavy (non-hydrogen) atoms. The second-order valence-electron chi connectivity index (χ2n) is 19.4. The van der Waals surface area contributed by atoms with Crippen LogP contribution in [-0.4, -0.2) is 205 Å². The summed E-state index contributed by atoms with van der Waals surface area (Å²) >= 11 is 0. The van der Waals surface area contributed by atoms with Gasteiger partial charge in [0.2, 0.25) is 59.1 Å². The molecule has 3 aliphatic heterocycles. The van der Waals surface area contributed by atoms with E-state index in [-0.39, 0.29) is 39.1 Å². The van der Waals surface area contributed by atoms with Crippen molar-refractivity contribution in [3.05, 3.63) is 71.8 Å². The van der Waals surface area contributed by atoms with E-state index in [4.69, 9.17) is 10.5 Å². The number of carbonyl (C=O) groups is 11. The van der Waals surface area contributed by atoms with Gasteiger partial charge in [0.05, 0.1) is 26.2 Å². The van der Waals surface area contributed by atoms with E-state index in [9.17, 15) is 52.7 Å². The van der Waals surface area contributed by atoms with Crippen molar-refractivity contribution in [2.75, 3.05) is 80.5 Å². The Hall–Kier alpha value is -7.63. The highest BCUT2D eigenvalue weighted by Crippen LogP contribution is 2.23. The summed E-state index contributed by atoms with van der Waals surface area (Å²) in [4.78, 5) is 159. The minimum atomic E-state index is -1.51. The highest BCUT2D eigenvalue weighted by atomic mass is 16.5. The molecule has 0 saturated carbocycles. The van der Waals surface area contributed by atoms with Crippen LogP contribution in [0.5, 0.6) is 0 Å². The van der Waals surface area contributed by atoms with Gasteiger partial charge in [-0.3, -0.25) is 47.9 Å². The van der Waals surface area contributed by atoms with Gasteiger partial charge in [-0.05, 0) is 55.6 Å². The quantitative estimate of drug-likeness (QED) is 0.198. The smallest absolute Gasteiger partial charge is 0.408 e. The van der Waals surface area contributed by atoms with Crippen molar-refractivity contribution in [2.45, 2.75) is 95.2 Å². The minimum absolute atomic E-state index is 0.0719. The van der Waals surface area contributed by atoms with E-state index in [2.05, 4.69) is 26.6 Å². The lowest BCUT2D eigenvalue weighted by atomic mass is 9.99. The molecule has 2 aromatic rings. The van der Waals surface area contributed by atoms with Gasteiger partial charge in [0, 0.05) is 54.4 Å². The van der Waals surface area contributed by atoms with Crippen LogP contribution < -0.4 is 32.3 Å². The normalized spacial score (nSPS) is 24.7. The number of nitrogens with two attached hydrogens (primary N) is 1.